The van der Waals surface area contributed by atoms with Gasteiger partial charge in [0.25, 0.3) is 5.91 Å². The minimum absolute atomic E-state index is 0.0242. The van der Waals surface area contributed by atoms with E-state index in [0.717, 1.165) is 51.2 Å². The Kier molecular flexibility index (Phi) is 10.3. The number of alkyl halides is 3. The van der Waals surface area contributed by atoms with Crippen LogP contribution in [0.25, 0.3) is 0 Å². The third-order valence-corrected chi connectivity index (χ3v) is 7.74. The molecule has 0 unspecified atom stereocenters. The fourth-order valence-corrected chi connectivity index (χ4v) is 5.13. The molecule has 4 rings (SSSR count). The first-order chi connectivity index (χ1) is 20.3. The van der Waals surface area contributed by atoms with Crippen molar-refractivity contribution >= 4 is 46.9 Å². The van der Waals surface area contributed by atoms with Crippen LogP contribution < -0.4 is 25.2 Å². The van der Waals surface area contributed by atoms with Crippen molar-refractivity contribution in [3.63, 3.8) is 0 Å². The van der Waals surface area contributed by atoms with E-state index in [1.54, 1.807) is 0 Å². The van der Waals surface area contributed by atoms with Gasteiger partial charge in [-0.15, -0.1) is 23.4 Å². The molecular weight excluding hydrogens is 668 g/mol. The Hall–Kier alpha value is -2.96. The number of nitrogens with one attached hydrogen (secondary N) is 3. The number of carbonyl (C=O) groups excluding carboxylic acids is 2. The maximum atomic E-state index is 13.0. The third-order valence-electron chi connectivity index (χ3n) is 6.84. The van der Waals surface area contributed by atoms with Crippen molar-refractivity contribution < 1.29 is 57.6 Å². The minimum atomic E-state index is -10.7. The molecule has 3 N–H and O–H groups in total. The van der Waals surface area contributed by atoms with E-state index in [4.69, 9.17) is 0 Å². The van der Waals surface area contributed by atoms with Crippen molar-refractivity contribution in [3.8, 4) is 5.75 Å². The molecule has 2 saturated heterocycles. The molecule has 1 aromatic carbocycles. The van der Waals surface area contributed by atoms with Gasteiger partial charge in [-0.25, -0.2) is 0 Å². The molecule has 45 heavy (non-hydrogen) atoms. The Balaban J connectivity index is 0.000000707. The van der Waals surface area contributed by atoms with Gasteiger partial charge in [0.2, 0.25) is 16.2 Å². The van der Waals surface area contributed by atoms with Crippen LogP contribution in [-0.4, -0.2) is 86.1 Å². The van der Waals surface area contributed by atoms with Crippen LogP contribution in [-0.2, 0) is 4.79 Å². The van der Waals surface area contributed by atoms with E-state index in [1.807, 2.05) is 4.90 Å². The SMILES string of the molecule is C[NH+]1CCN(CC(=O)Nc2cc(C(=O)Nc3nnc(N4CCC(C)(C)CC4)s3)ccc2OC(F)(F)F)CC1.F[P-](F)(F)(F)(F)F. The van der Waals surface area contributed by atoms with Crippen LogP contribution >= 0.6 is 19.1 Å². The number of halogens is 9. The van der Waals surface area contributed by atoms with Gasteiger partial charge in [0.1, 0.15) is 0 Å². The summed E-state index contributed by atoms with van der Waals surface area (Å²) >= 11 is 1.23. The van der Waals surface area contributed by atoms with Gasteiger partial charge < -0.3 is 19.9 Å². The number of benzene rings is 1. The van der Waals surface area contributed by atoms with Crippen molar-refractivity contribution in [2.24, 2.45) is 5.41 Å². The molecule has 10 nitrogen and oxygen atoms in total. The molecule has 2 aliphatic rings. The first-order valence-electron chi connectivity index (χ1n) is 13.5. The van der Waals surface area contributed by atoms with Crippen molar-refractivity contribution in [3.05, 3.63) is 23.8 Å². The average Bonchev–Trinajstić information content (AvgIpc) is 3.32. The Morgan fingerprint density at radius 2 is 1.58 bits per heavy atom. The van der Waals surface area contributed by atoms with Crippen LogP contribution in [0.1, 0.15) is 37.0 Å². The Morgan fingerprint density at radius 1 is 1.00 bits per heavy atom. The quantitative estimate of drug-likeness (QED) is 0.260. The zero-order valence-corrected chi connectivity index (χ0v) is 26.1. The second-order valence-electron chi connectivity index (χ2n) is 11.5. The molecule has 0 spiro atoms. The summed E-state index contributed by atoms with van der Waals surface area (Å²) in [5.41, 5.74) is 0.0711. The number of piperazine rings is 1. The van der Waals surface area contributed by atoms with E-state index < -0.39 is 31.7 Å². The average molecular weight is 702 g/mol. The number of ether oxygens (including phenoxy) is 1. The summed E-state index contributed by atoms with van der Waals surface area (Å²) in [6.45, 7) is 9.30. The predicted octanol–water partition coefficient (Wildman–Crippen LogP) is 5.47. The summed E-state index contributed by atoms with van der Waals surface area (Å²) in [4.78, 5) is 30.9. The van der Waals surface area contributed by atoms with Crippen molar-refractivity contribution in [2.45, 2.75) is 33.1 Å². The summed E-state index contributed by atoms with van der Waals surface area (Å²) in [6, 6.07) is 3.37. The molecule has 0 radical (unpaired) electrons. The zero-order chi connectivity index (χ0) is 33.9. The van der Waals surface area contributed by atoms with Crippen LogP contribution in [0.5, 0.6) is 5.75 Å². The molecular formula is C24H33F9N7O3PS. The number of likely N-dealkylation sites (N-methyl/N-ethyl adjacent to an activating group) is 1. The van der Waals surface area contributed by atoms with E-state index in [-0.39, 0.29) is 28.3 Å². The number of carbonyl (C=O) groups is 2. The number of hydrogen-bond acceptors (Lipinski definition) is 8. The van der Waals surface area contributed by atoms with E-state index in [0.29, 0.717) is 18.2 Å². The maximum absolute atomic E-state index is 13.0. The molecule has 2 aliphatic heterocycles. The summed E-state index contributed by atoms with van der Waals surface area (Å²) in [6.07, 6.45) is -2.92. The first-order valence-corrected chi connectivity index (χ1v) is 16.4. The monoisotopic (exact) mass is 701 g/mol. The summed E-state index contributed by atoms with van der Waals surface area (Å²) < 4.78 is 102. The van der Waals surface area contributed by atoms with E-state index in [1.165, 1.54) is 22.3 Å². The summed E-state index contributed by atoms with van der Waals surface area (Å²) in [7, 11) is -8.60. The Morgan fingerprint density at radius 3 is 2.13 bits per heavy atom. The number of nitrogens with zero attached hydrogens (tertiary/aromatic N) is 4. The molecule has 0 bridgehead atoms. The fraction of sp³-hybridized carbons (Fsp3) is 0.583. The van der Waals surface area contributed by atoms with Crippen LogP contribution in [0.3, 0.4) is 0 Å². The van der Waals surface area contributed by atoms with E-state index >= 15 is 0 Å². The number of rotatable bonds is 7. The Labute approximate surface area is 256 Å². The molecule has 0 saturated carbocycles. The third kappa shape index (κ3) is 14.3. The van der Waals surface area contributed by atoms with Gasteiger partial charge in [0.05, 0.1) is 32.4 Å². The number of aromatic nitrogens is 2. The molecule has 1 aromatic heterocycles. The van der Waals surface area contributed by atoms with Gasteiger partial charge >= 0.3 is 39.4 Å². The first kappa shape index (κ1) is 36.5. The van der Waals surface area contributed by atoms with Crippen molar-refractivity contribution in [1.82, 2.24) is 15.1 Å². The van der Waals surface area contributed by atoms with Gasteiger partial charge in [0, 0.05) is 31.7 Å². The standard InChI is InChI=1S/C24H32F3N7O3S.F6P/c1-23(2)6-8-34(9-7-23)22-31-30-21(38-22)29-20(36)16-4-5-18(37-24(25,26)27)17(14-16)28-19(35)15-33-12-10-32(3)11-13-33;1-7(2,3,4,5)6/h4-5,14H,6-13,15H2,1-3H3,(H,28,35)(H,29,30,36);/q;-1/p+1. The van der Waals surface area contributed by atoms with Crippen LogP contribution in [0.4, 0.5) is 54.3 Å². The number of hydrogen-bond donors (Lipinski definition) is 3. The molecule has 21 heteroatoms. The van der Waals surface area contributed by atoms with Gasteiger partial charge in [-0.3, -0.25) is 19.8 Å². The zero-order valence-electron chi connectivity index (χ0n) is 24.4. The van der Waals surface area contributed by atoms with Crippen molar-refractivity contribution in [2.75, 3.05) is 68.4 Å². The predicted molar refractivity (Wildman–Crippen MR) is 151 cm³/mol. The molecule has 2 amide bonds. The second kappa shape index (κ2) is 12.7. The van der Waals surface area contributed by atoms with Crippen LogP contribution in [0.15, 0.2) is 18.2 Å². The Bertz CT molecular complexity index is 1350. The van der Waals surface area contributed by atoms with Crippen LogP contribution in [0.2, 0.25) is 0 Å². The summed E-state index contributed by atoms with van der Waals surface area (Å²) in [5.74, 6) is -1.69. The fourth-order valence-electron chi connectivity index (χ4n) is 4.33. The number of quaternary nitrogens is 1. The second-order valence-corrected chi connectivity index (χ2v) is 14.4. The number of amides is 2. The summed E-state index contributed by atoms with van der Waals surface area (Å²) in [5, 5.41) is 14.3. The normalized spacial score (nSPS) is 19.4. The van der Waals surface area contributed by atoms with E-state index in [2.05, 4.69) is 51.4 Å². The number of anilines is 3. The molecule has 2 aromatic rings. The molecule has 0 atom stereocenters. The molecule has 2 fully saturated rings. The van der Waals surface area contributed by atoms with Crippen LogP contribution in [0, 0.1) is 5.41 Å². The number of piperidine rings is 1. The van der Waals surface area contributed by atoms with Gasteiger partial charge in [0.15, 0.2) is 5.75 Å². The van der Waals surface area contributed by atoms with Gasteiger partial charge in [-0.2, -0.15) is 0 Å². The molecule has 256 valence electrons. The van der Waals surface area contributed by atoms with E-state index in [9.17, 15) is 47.9 Å². The van der Waals surface area contributed by atoms with Gasteiger partial charge in [-0.05, 0) is 36.5 Å². The van der Waals surface area contributed by atoms with Gasteiger partial charge in [-0.1, -0.05) is 25.2 Å². The molecule has 0 aliphatic carbocycles. The topological polar surface area (TPSA) is 104 Å². The molecule has 3 heterocycles. The van der Waals surface area contributed by atoms with Crippen molar-refractivity contribution in [1.29, 1.82) is 0 Å².